The molecule has 0 aliphatic carbocycles. The van der Waals surface area contributed by atoms with Crippen molar-refractivity contribution in [3.63, 3.8) is 0 Å². The minimum Gasteiger partial charge on any atom is -0.409 e. The van der Waals surface area contributed by atoms with Crippen LogP contribution in [0.4, 0.5) is 15.9 Å². The molecular weight excluding hydrogens is 535 g/mol. The number of oxime groups is 1. The van der Waals surface area contributed by atoms with E-state index >= 15 is 0 Å². The highest BCUT2D eigenvalue weighted by atomic mass is 79.9. The molecule has 0 saturated carbocycles. The van der Waals surface area contributed by atoms with Gasteiger partial charge in [0.25, 0.3) is 11.8 Å². The normalized spacial score (nSPS) is 11.1. The second kappa shape index (κ2) is 11.2. The van der Waals surface area contributed by atoms with Crippen molar-refractivity contribution in [1.29, 1.82) is 0 Å². The molecule has 4 N–H and O–H groups in total. The predicted molar refractivity (Wildman–Crippen MR) is 132 cm³/mol. The number of hydrogen-bond donors (Lipinski definition) is 4. The summed E-state index contributed by atoms with van der Waals surface area (Å²) in [5.74, 6) is -1.47. The Labute approximate surface area is 212 Å². The molecule has 0 radical (unpaired) electrons. The Morgan fingerprint density at radius 1 is 0.944 bits per heavy atom. The molecule has 0 fully saturated rings. The van der Waals surface area contributed by atoms with Crippen LogP contribution in [-0.2, 0) is 6.54 Å². The average molecular weight is 553 g/mol. The van der Waals surface area contributed by atoms with E-state index < -0.39 is 11.7 Å². The van der Waals surface area contributed by atoms with E-state index in [9.17, 15) is 19.2 Å². The number of hydrogen-bond acceptors (Lipinski definition) is 7. The fourth-order valence-electron chi connectivity index (χ4n) is 3.10. The molecule has 182 valence electrons. The number of halogens is 2. The van der Waals surface area contributed by atoms with Crippen LogP contribution in [0.1, 0.15) is 32.0 Å². The van der Waals surface area contributed by atoms with Crippen molar-refractivity contribution in [3.05, 3.63) is 105 Å². The molecule has 4 rings (SSSR count). The topological polar surface area (TPSA) is 142 Å². The number of carbonyl (C=O) groups is 2. The monoisotopic (exact) mass is 552 g/mol. The molecule has 0 unspecified atom stereocenters. The third-order valence-electron chi connectivity index (χ3n) is 4.93. The summed E-state index contributed by atoms with van der Waals surface area (Å²) in [6.45, 7) is 0.286. The van der Waals surface area contributed by atoms with Crippen LogP contribution in [0.3, 0.4) is 0 Å². The minimum atomic E-state index is -0.520. The zero-order valence-corrected chi connectivity index (χ0v) is 20.0. The second-order valence-electron chi connectivity index (χ2n) is 7.36. The zero-order chi connectivity index (χ0) is 25.5. The smallest absolute Gasteiger partial charge is 0.256 e. The third kappa shape index (κ3) is 5.91. The number of rotatable bonds is 7. The lowest BCUT2D eigenvalue weighted by Gasteiger charge is -2.09. The predicted octanol–water partition coefficient (Wildman–Crippen LogP) is 4.40. The minimum absolute atomic E-state index is 0.0773. The summed E-state index contributed by atoms with van der Waals surface area (Å²) in [5, 5.41) is 28.0. The number of amides is 2. The average Bonchev–Trinajstić information content (AvgIpc) is 3.36. The largest absolute Gasteiger partial charge is 0.409 e. The van der Waals surface area contributed by atoms with Crippen molar-refractivity contribution in [2.45, 2.75) is 6.54 Å². The Morgan fingerprint density at radius 2 is 1.67 bits per heavy atom. The maximum atomic E-state index is 13.5. The Kier molecular flexibility index (Phi) is 7.66. The van der Waals surface area contributed by atoms with E-state index in [0.717, 1.165) is 5.56 Å². The van der Waals surface area contributed by atoms with E-state index in [2.05, 4.69) is 47.3 Å². The first-order valence-electron chi connectivity index (χ1n) is 10.4. The number of aromatic nitrogens is 2. The summed E-state index contributed by atoms with van der Waals surface area (Å²) in [6.07, 6.45) is 0. The van der Waals surface area contributed by atoms with Gasteiger partial charge in [-0.3, -0.25) is 9.59 Å². The first-order chi connectivity index (χ1) is 17.4. The summed E-state index contributed by atoms with van der Waals surface area (Å²) < 4.78 is 18.4. The highest BCUT2D eigenvalue weighted by Crippen LogP contribution is 2.21. The lowest BCUT2D eigenvalue weighted by atomic mass is 10.1. The van der Waals surface area contributed by atoms with Gasteiger partial charge in [-0.25, -0.2) is 9.02 Å². The van der Waals surface area contributed by atoms with Crippen molar-refractivity contribution < 1.29 is 23.8 Å². The van der Waals surface area contributed by atoms with Crippen LogP contribution in [0, 0.1) is 5.82 Å². The van der Waals surface area contributed by atoms with Crippen LogP contribution >= 0.6 is 15.9 Å². The standard InChI is InChI=1S/C24H18BrFN6O4/c25-18-12-17(10-11-19(18)26)28-21(30-35)20-22(32-36-31-20)29-24(34)16-8-6-14(7-9-16)13-27-23(33)15-4-2-1-3-5-15/h1-12,35H,13H2,(H,27,33)(H,28,30)(H,29,32,34). The van der Waals surface area contributed by atoms with E-state index in [1.165, 1.54) is 18.2 Å². The van der Waals surface area contributed by atoms with Crippen molar-refractivity contribution in [2.75, 3.05) is 10.6 Å². The fraction of sp³-hybridized carbons (Fsp3) is 0.0417. The molecular formula is C24H18BrFN6O4. The Balaban J connectivity index is 1.39. The Morgan fingerprint density at radius 3 is 2.36 bits per heavy atom. The molecule has 0 aliphatic rings. The van der Waals surface area contributed by atoms with Crippen LogP contribution in [0.5, 0.6) is 0 Å². The van der Waals surface area contributed by atoms with Gasteiger partial charge >= 0.3 is 0 Å². The molecule has 10 nitrogen and oxygen atoms in total. The molecule has 1 heterocycles. The molecule has 0 bridgehead atoms. The summed E-state index contributed by atoms with van der Waals surface area (Å²) in [6, 6.07) is 19.5. The fourth-order valence-corrected chi connectivity index (χ4v) is 3.47. The molecule has 36 heavy (non-hydrogen) atoms. The molecule has 3 aromatic carbocycles. The van der Waals surface area contributed by atoms with Crippen molar-refractivity contribution in [3.8, 4) is 0 Å². The van der Waals surface area contributed by atoms with Gasteiger partial charge in [0.15, 0.2) is 5.69 Å². The Bertz CT molecular complexity index is 1410. The SMILES string of the molecule is O=C(NCc1ccc(C(=O)Nc2nonc2/C(=N\O)Nc2ccc(F)c(Br)c2)cc1)c1ccccc1. The van der Waals surface area contributed by atoms with Crippen molar-refractivity contribution >= 4 is 45.1 Å². The zero-order valence-electron chi connectivity index (χ0n) is 18.4. The quantitative estimate of drug-likeness (QED) is 0.115. The van der Waals surface area contributed by atoms with Gasteiger partial charge in [0, 0.05) is 23.4 Å². The molecule has 0 spiro atoms. The van der Waals surface area contributed by atoms with Crippen LogP contribution in [-0.4, -0.2) is 33.2 Å². The molecule has 2 amide bonds. The summed E-state index contributed by atoms with van der Waals surface area (Å²) in [5.41, 5.74) is 1.96. The second-order valence-corrected chi connectivity index (χ2v) is 8.22. The maximum absolute atomic E-state index is 13.5. The summed E-state index contributed by atoms with van der Waals surface area (Å²) in [4.78, 5) is 24.9. The van der Waals surface area contributed by atoms with Gasteiger partial charge in [-0.2, -0.15) is 0 Å². The number of amidine groups is 1. The summed E-state index contributed by atoms with van der Waals surface area (Å²) >= 11 is 3.07. The first kappa shape index (κ1) is 24.5. The summed E-state index contributed by atoms with van der Waals surface area (Å²) in [7, 11) is 0. The van der Waals surface area contributed by atoms with Crippen molar-refractivity contribution in [2.24, 2.45) is 5.16 Å². The number of anilines is 2. The van der Waals surface area contributed by atoms with E-state index in [4.69, 9.17) is 4.63 Å². The molecule has 0 aliphatic heterocycles. The molecule has 1 aromatic heterocycles. The maximum Gasteiger partial charge on any atom is 0.256 e. The van der Waals surface area contributed by atoms with Gasteiger partial charge in [-0.05, 0) is 74.3 Å². The van der Waals surface area contributed by atoms with E-state index in [1.54, 1.807) is 48.5 Å². The van der Waals surface area contributed by atoms with E-state index in [0.29, 0.717) is 16.8 Å². The number of nitrogens with one attached hydrogen (secondary N) is 3. The van der Waals surface area contributed by atoms with Gasteiger partial charge in [0.05, 0.1) is 4.47 Å². The van der Waals surface area contributed by atoms with Gasteiger partial charge in [-0.1, -0.05) is 35.5 Å². The first-order valence-corrected chi connectivity index (χ1v) is 11.2. The lowest BCUT2D eigenvalue weighted by molar-refractivity contribution is 0.0949. The molecule has 0 saturated heterocycles. The van der Waals surface area contributed by atoms with Gasteiger partial charge < -0.3 is 21.2 Å². The number of benzene rings is 3. The van der Waals surface area contributed by atoms with Crippen LogP contribution in [0.2, 0.25) is 0 Å². The third-order valence-corrected chi connectivity index (χ3v) is 5.54. The van der Waals surface area contributed by atoms with Crippen LogP contribution < -0.4 is 16.0 Å². The van der Waals surface area contributed by atoms with Crippen molar-refractivity contribution in [1.82, 2.24) is 15.6 Å². The van der Waals surface area contributed by atoms with E-state index in [1.807, 2.05) is 6.07 Å². The number of carbonyl (C=O) groups excluding carboxylic acids is 2. The molecule has 0 atom stereocenters. The highest BCUT2D eigenvalue weighted by molar-refractivity contribution is 9.10. The van der Waals surface area contributed by atoms with Crippen LogP contribution in [0.15, 0.2) is 87.1 Å². The van der Waals surface area contributed by atoms with Crippen LogP contribution in [0.25, 0.3) is 0 Å². The van der Waals surface area contributed by atoms with Gasteiger partial charge in [0.2, 0.25) is 11.7 Å². The van der Waals surface area contributed by atoms with Gasteiger partial charge in [-0.15, -0.1) is 0 Å². The Hall–Kier alpha value is -4.58. The highest BCUT2D eigenvalue weighted by Gasteiger charge is 2.20. The van der Waals surface area contributed by atoms with E-state index in [-0.39, 0.29) is 34.3 Å². The molecule has 4 aromatic rings. The lowest BCUT2D eigenvalue weighted by Crippen LogP contribution is -2.22. The molecule has 12 heteroatoms. The number of nitrogens with zero attached hydrogens (tertiary/aromatic N) is 3. The van der Waals surface area contributed by atoms with Gasteiger partial charge in [0.1, 0.15) is 5.82 Å².